The van der Waals surface area contributed by atoms with E-state index in [0.717, 1.165) is 6.08 Å². The molecule has 64 valence electrons. The lowest BCUT2D eigenvalue weighted by atomic mass is 9.96. The summed E-state index contributed by atoms with van der Waals surface area (Å²) in [7, 11) is 0. The van der Waals surface area contributed by atoms with Crippen LogP contribution in [0.25, 0.3) is 0 Å². The summed E-state index contributed by atoms with van der Waals surface area (Å²) in [5, 5.41) is 9.91. The molecule has 0 atom stereocenters. The van der Waals surface area contributed by atoms with Crippen molar-refractivity contribution in [3.63, 3.8) is 0 Å². The number of rotatable bonds is 1. The molecule has 0 aromatic heterocycles. The predicted octanol–water partition coefficient (Wildman–Crippen LogP) is 2.37. The Kier molecular flexibility index (Phi) is 1.11. The Labute approximate surface area is 81.8 Å². The van der Waals surface area contributed by atoms with Crippen LogP contribution in [0.5, 0.6) is 0 Å². The molecular formula is C11H14O. The molecule has 0 heterocycles. The third-order valence-corrected chi connectivity index (χ3v) is 1.33. The van der Waals surface area contributed by atoms with Gasteiger partial charge in [-0.25, -0.2) is 0 Å². The van der Waals surface area contributed by atoms with Crippen molar-refractivity contribution in [3.8, 4) is 0 Å². The monoisotopic (exact) mass is 168 g/mol. The molecule has 1 nitrogen and oxygen atoms in total. The van der Waals surface area contributed by atoms with E-state index in [-0.39, 0.29) is 11.6 Å². The summed E-state index contributed by atoms with van der Waals surface area (Å²) in [5.41, 5.74) is -1.48. The molecule has 0 saturated heterocycles. The van der Waals surface area contributed by atoms with Crippen LogP contribution >= 0.6 is 0 Å². The summed E-state index contributed by atoms with van der Waals surface area (Å²) in [6.07, 6.45) is 1.10. The van der Waals surface area contributed by atoms with Crippen molar-refractivity contribution in [1.82, 2.24) is 0 Å². The Morgan fingerprint density at radius 1 is 1.17 bits per heavy atom. The van der Waals surface area contributed by atoms with E-state index in [0.29, 0.717) is 0 Å². The van der Waals surface area contributed by atoms with E-state index in [4.69, 9.17) is 8.22 Å². The zero-order valence-corrected chi connectivity index (χ0v) is 7.02. The third kappa shape index (κ3) is 2.51. The van der Waals surface area contributed by atoms with E-state index in [9.17, 15) is 5.11 Å². The second-order valence-electron chi connectivity index (χ2n) is 2.89. The highest BCUT2D eigenvalue weighted by Crippen LogP contribution is 2.17. The van der Waals surface area contributed by atoms with Gasteiger partial charge in [0.2, 0.25) is 0 Å². The van der Waals surface area contributed by atoms with Gasteiger partial charge in [0.15, 0.2) is 0 Å². The molecule has 0 saturated carbocycles. The predicted molar refractivity (Wildman–Crippen MR) is 51.8 cm³/mol. The minimum atomic E-state index is -1.46. The number of hydrogen-bond donors (Lipinski definition) is 1. The highest BCUT2D eigenvalue weighted by atomic mass is 16.3. The molecular weight excluding hydrogens is 148 g/mol. The van der Waals surface area contributed by atoms with E-state index in [1.807, 2.05) is 0 Å². The van der Waals surface area contributed by atoms with Crippen LogP contribution in [0.4, 0.5) is 0 Å². The fraction of sp³-hybridized carbons (Fsp3) is 0.273. The van der Waals surface area contributed by atoms with Crippen LogP contribution in [0, 0.1) is 0 Å². The number of hydrogen-bond acceptors (Lipinski definition) is 1. The third-order valence-electron chi connectivity index (χ3n) is 1.33. The first-order valence-electron chi connectivity index (χ1n) is 6.55. The number of aliphatic hydroxyl groups is 1. The smallest absolute Gasteiger partial charge is 0.0840 e. The first kappa shape index (κ1) is 3.75. The standard InChI is InChI=1S/C11H14O/c1-11(2,12)10-8-6-4-3-5-7-9-10/h3-9,12H,1-2H3/i3D,4D,5D,6D,7D,8D. The van der Waals surface area contributed by atoms with Crippen LogP contribution in [0.3, 0.4) is 0 Å². The molecule has 1 heteroatoms. The first-order chi connectivity index (χ1) is 8.07. The minimum absolute atomic E-state index is 0.0144. The van der Waals surface area contributed by atoms with E-state index in [1.54, 1.807) is 0 Å². The van der Waals surface area contributed by atoms with Crippen molar-refractivity contribution >= 4 is 0 Å². The SMILES string of the molecule is [2H]C1=CC(C(C)(C)O)=C([2H])C([2H])=C([2H])C([2H])=C1[2H]. The molecule has 0 spiro atoms. The summed E-state index contributed by atoms with van der Waals surface area (Å²) in [6.45, 7) is 2.79. The summed E-state index contributed by atoms with van der Waals surface area (Å²) in [5.74, 6) is 0. The molecule has 1 aliphatic carbocycles. The lowest BCUT2D eigenvalue weighted by molar-refractivity contribution is 0.124. The van der Waals surface area contributed by atoms with Gasteiger partial charge in [0, 0.05) is 0 Å². The molecule has 0 aliphatic heterocycles. The lowest BCUT2D eigenvalue weighted by Gasteiger charge is -2.18. The maximum Gasteiger partial charge on any atom is 0.0840 e. The topological polar surface area (TPSA) is 20.2 Å². The summed E-state index contributed by atoms with van der Waals surface area (Å²) >= 11 is 0. The van der Waals surface area contributed by atoms with Crippen LogP contribution < -0.4 is 0 Å². The Morgan fingerprint density at radius 2 is 1.75 bits per heavy atom. The quantitative estimate of drug-likeness (QED) is 0.637. The van der Waals surface area contributed by atoms with Gasteiger partial charge in [0.05, 0.1) is 13.8 Å². The van der Waals surface area contributed by atoms with Crippen LogP contribution in [-0.2, 0) is 0 Å². The van der Waals surface area contributed by atoms with Crippen molar-refractivity contribution in [2.75, 3.05) is 0 Å². The minimum Gasteiger partial charge on any atom is -0.386 e. The van der Waals surface area contributed by atoms with Gasteiger partial charge in [-0.15, -0.1) is 0 Å². The zero-order chi connectivity index (χ0) is 14.2. The van der Waals surface area contributed by atoms with Crippen molar-refractivity contribution in [2.45, 2.75) is 19.4 Å². The van der Waals surface area contributed by atoms with Gasteiger partial charge < -0.3 is 5.11 Å². The highest BCUT2D eigenvalue weighted by Gasteiger charge is 2.15. The molecule has 0 amide bonds. The van der Waals surface area contributed by atoms with E-state index >= 15 is 0 Å². The summed E-state index contributed by atoms with van der Waals surface area (Å²) < 4.78 is 45.6. The lowest BCUT2D eigenvalue weighted by Crippen LogP contribution is -2.20. The maximum absolute atomic E-state index is 9.91. The van der Waals surface area contributed by atoms with Crippen LogP contribution in [0.2, 0.25) is 0 Å². The van der Waals surface area contributed by atoms with Crippen LogP contribution in [-0.4, -0.2) is 10.7 Å². The van der Waals surface area contributed by atoms with Crippen molar-refractivity contribution in [2.24, 2.45) is 0 Å². The average Bonchev–Trinajstić information content (AvgIpc) is 2.28. The Balaban J connectivity index is 3.66. The second kappa shape index (κ2) is 3.55. The first-order valence-corrected chi connectivity index (χ1v) is 3.55. The molecule has 1 N–H and O–H groups in total. The molecule has 0 unspecified atom stereocenters. The van der Waals surface area contributed by atoms with Crippen LogP contribution in [0.1, 0.15) is 22.1 Å². The Morgan fingerprint density at radius 3 is 2.42 bits per heavy atom. The van der Waals surface area contributed by atoms with Crippen molar-refractivity contribution in [3.05, 3.63) is 48.0 Å². The van der Waals surface area contributed by atoms with Crippen LogP contribution in [0.15, 0.2) is 48.0 Å². The molecule has 0 bridgehead atoms. The van der Waals surface area contributed by atoms with E-state index in [1.165, 1.54) is 13.8 Å². The van der Waals surface area contributed by atoms with Gasteiger partial charge in [-0.1, -0.05) is 42.4 Å². The van der Waals surface area contributed by atoms with Crippen molar-refractivity contribution in [1.29, 1.82) is 0 Å². The largest absolute Gasteiger partial charge is 0.386 e. The van der Waals surface area contributed by atoms with Gasteiger partial charge in [-0.2, -0.15) is 0 Å². The maximum atomic E-state index is 9.91. The summed E-state index contributed by atoms with van der Waals surface area (Å²) in [6, 6.07) is -2.97. The Bertz CT molecular complexity index is 504. The van der Waals surface area contributed by atoms with Gasteiger partial charge in [0.1, 0.15) is 0 Å². The highest BCUT2D eigenvalue weighted by molar-refractivity contribution is 5.35. The Hall–Kier alpha value is -1.08. The van der Waals surface area contributed by atoms with E-state index < -0.39 is 35.9 Å². The fourth-order valence-electron chi connectivity index (χ4n) is 0.671. The van der Waals surface area contributed by atoms with E-state index in [2.05, 4.69) is 0 Å². The molecule has 1 aliphatic rings. The normalized spacial score (nSPS) is 29.1. The molecule has 12 heavy (non-hydrogen) atoms. The molecule has 0 fully saturated rings. The van der Waals surface area contributed by atoms with Gasteiger partial charge in [0.25, 0.3) is 0 Å². The van der Waals surface area contributed by atoms with Gasteiger partial charge in [-0.05, 0) is 19.4 Å². The molecule has 1 rings (SSSR count). The van der Waals surface area contributed by atoms with Gasteiger partial charge >= 0.3 is 0 Å². The average molecular weight is 168 g/mol. The summed E-state index contributed by atoms with van der Waals surface area (Å²) in [4.78, 5) is 0. The fourth-order valence-corrected chi connectivity index (χ4v) is 0.671. The molecule has 0 radical (unpaired) electrons. The van der Waals surface area contributed by atoms with Crippen molar-refractivity contribution < 1.29 is 13.3 Å². The second-order valence-corrected chi connectivity index (χ2v) is 2.89. The molecule has 0 aromatic carbocycles. The van der Waals surface area contributed by atoms with Gasteiger partial charge in [-0.3, -0.25) is 0 Å². The molecule has 0 aromatic rings. The number of allylic oxidation sites excluding steroid dienone is 6. The zero-order valence-electron chi connectivity index (χ0n) is 13.0.